The zero-order valence-electron chi connectivity index (χ0n) is 22.7. The van der Waals surface area contributed by atoms with Crippen LogP contribution in [-0.2, 0) is 4.74 Å². The van der Waals surface area contributed by atoms with Crippen LogP contribution < -0.4 is 10.1 Å². The quantitative estimate of drug-likeness (QED) is 0.236. The Morgan fingerprint density at radius 3 is 2.73 bits per heavy atom. The van der Waals surface area contributed by atoms with E-state index in [-0.39, 0.29) is 12.0 Å². The summed E-state index contributed by atoms with van der Waals surface area (Å²) >= 11 is 0. The average Bonchev–Trinajstić information content (AvgIpc) is 3.69. The van der Waals surface area contributed by atoms with Gasteiger partial charge in [0.05, 0.1) is 42.3 Å². The Hall–Kier alpha value is -3.87. The molecule has 12 heteroatoms. The van der Waals surface area contributed by atoms with Crippen LogP contribution in [0.4, 0.5) is 4.39 Å². The molecule has 0 amide bonds. The molecule has 40 heavy (non-hydrogen) atoms. The second kappa shape index (κ2) is 10.6. The van der Waals surface area contributed by atoms with Crippen LogP contribution in [0.5, 0.6) is 5.75 Å². The lowest BCUT2D eigenvalue weighted by Gasteiger charge is -2.43. The van der Waals surface area contributed by atoms with Crippen molar-refractivity contribution in [2.75, 3.05) is 13.7 Å². The minimum absolute atomic E-state index is 0.195. The molecular formula is C28H33FN8O3. The van der Waals surface area contributed by atoms with Gasteiger partial charge in [-0.2, -0.15) is 10.2 Å². The lowest BCUT2D eigenvalue weighted by Crippen LogP contribution is -2.54. The van der Waals surface area contributed by atoms with Crippen LogP contribution in [0.1, 0.15) is 62.6 Å². The van der Waals surface area contributed by atoms with E-state index in [1.54, 1.807) is 19.4 Å². The van der Waals surface area contributed by atoms with Crippen molar-refractivity contribution in [1.29, 1.82) is 0 Å². The summed E-state index contributed by atoms with van der Waals surface area (Å²) in [5.74, 6) is 1.12. The molecule has 0 spiro atoms. The smallest absolute Gasteiger partial charge is 0.178 e. The maximum atomic E-state index is 13.3. The van der Waals surface area contributed by atoms with Gasteiger partial charge in [-0.25, -0.2) is 18.6 Å². The van der Waals surface area contributed by atoms with Crippen LogP contribution in [0.3, 0.4) is 0 Å². The number of aliphatic hydroxyl groups is 1. The molecule has 5 aromatic heterocycles. The first-order chi connectivity index (χ1) is 19.4. The Bertz CT molecular complexity index is 1600. The maximum Gasteiger partial charge on any atom is 0.178 e. The normalized spacial score (nSPS) is 21.2. The minimum atomic E-state index is -0.890. The van der Waals surface area contributed by atoms with Crippen molar-refractivity contribution in [1.82, 2.24) is 39.9 Å². The Balaban J connectivity index is 1.17. The summed E-state index contributed by atoms with van der Waals surface area (Å²) in [4.78, 5) is 4.40. The molecule has 0 saturated heterocycles. The molecule has 0 aromatic carbocycles. The fraction of sp³-hybridized carbons (Fsp3) is 0.429. The minimum Gasteiger partial charge on any atom is -0.492 e. The van der Waals surface area contributed by atoms with E-state index in [9.17, 15) is 9.50 Å². The number of aliphatic hydroxyl groups excluding tert-OH is 1. The first-order valence-electron chi connectivity index (χ1n) is 13.5. The van der Waals surface area contributed by atoms with Crippen LogP contribution in [-0.4, -0.2) is 65.2 Å². The van der Waals surface area contributed by atoms with Gasteiger partial charge in [0, 0.05) is 19.3 Å². The van der Waals surface area contributed by atoms with Crippen LogP contribution >= 0.6 is 0 Å². The molecule has 0 radical (unpaired) electrons. The van der Waals surface area contributed by atoms with E-state index >= 15 is 0 Å². The number of nitrogens with one attached hydrogen (secondary N) is 2. The molecule has 1 aliphatic rings. The number of rotatable bonds is 9. The molecule has 3 N–H and O–H groups in total. The van der Waals surface area contributed by atoms with Crippen LogP contribution in [0.15, 0.2) is 49.2 Å². The van der Waals surface area contributed by atoms with Crippen molar-refractivity contribution in [2.24, 2.45) is 0 Å². The van der Waals surface area contributed by atoms with Gasteiger partial charge in [-0.1, -0.05) is 6.07 Å². The van der Waals surface area contributed by atoms with E-state index in [2.05, 4.69) is 36.8 Å². The van der Waals surface area contributed by atoms with E-state index in [0.29, 0.717) is 25.3 Å². The highest BCUT2D eigenvalue weighted by Crippen LogP contribution is 2.44. The maximum absolute atomic E-state index is 13.3. The predicted octanol–water partition coefficient (Wildman–Crippen LogP) is 4.04. The highest BCUT2D eigenvalue weighted by molar-refractivity contribution is 5.94. The van der Waals surface area contributed by atoms with E-state index in [1.807, 2.05) is 36.8 Å². The number of methoxy groups -OCH3 is 1. The summed E-state index contributed by atoms with van der Waals surface area (Å²) in [5.41, 5.74) is 3.09. The fourth-order valence-corrected chi connectivity index (χ4v) is 5.83. The van der Waals surface area contributed by atoms with Crippen molar-refractivity contribution in [3.8, 4) is 11.6 Å². The van der Waals surface area contributed by atoms with Gasteiger partial charge in [0.1, 0.15) is 17.6 Å². The fourth-order valence-electron chi connectivity index (χ4n) is 5.83. The molecule has 5 aromatic rings. The zero-order chi connectivity index (χ0) is 27.9. The van der Waals surface area contributed by atoms with Gasteiger partial charge in [-0.3, -0.25) is 10.4 Å². The summed E-state index contributed by atoms with van der Waals surface area (Å²) in [6, 6.07) is 5.58. The number of nitrogens with zero attached hydrogens (tertiary/aromatic N) is 6. The van der Waals surface area contributed by atoms with Crippen LogP contribution in [0, 0.1) is 5.82 Å². The van der Waals surface area contributed by atoms with Gasteiger partial charge in [-0.15, -0.1) is 5.10 Å². The number of fused-ring (bicyclic) bond motifs is 3. The number of hydrogen-bond acceptors (Lipinski definition) is 8. The number of pyridine rings is 2. The molecule has 1 fully saturated rings. The van der Waals surface area contributed by atoms with E-state index in [1.165, 1.54) is 16.4 Å². The zero-order valence-corrected chi connectivity index (χ0v) is 22.7. The van der Waals surface area contributed by atoms with E-state index < -0.39 is 17.6 Å². The van der Waals surface area contributed by atoms with Crippen molar-refractivity contribution in [3.05, 3.63) is 66.1 Å². The highest BCUT2D eigenvalue weighted by atomic mass is 19.1. The Kier molecular flexibility index (Phi) is 6.99. The van der Waals surface area contributed by atoms with Gasteiger partial charge < -0.3 is 14.6 Å². The third kappa shape index (κ3) is 4.72. The lowest BCUT2D eigenvalue weighted by molar-refractivity contribution is -0.139. The van der Waals surface area contributed by atoms with Gasteiger partial charge >= 0.3 is 0 Å². The Morgan fingerprint density at radius 1 is 1.23 bits per heavy atom. The lowest BCUT2D eigenvalue weighted by atomic mass is 9.74. The van der Waals surface area contributed by atoms with Gasteiger partial charge in [0.2, 0.25) is 0 Å². The molecule has 210 valence electrons. The van der Waals surface area contributed by atoms with Gasteiger partial charge in [-0.05, 0) is 68.7 Å². The first kappa shape index (κ1) is 26.4. The third-order valence-corrected chi connectivity index (χ3v) is 8.08. The third-order valence-electron chi connectivity index (χ3n) is 8.08. The standard InChI is InChI=1S/C28H33FN8O3/c1-4-40-21-11-22(25-23-14-31-34-26(23)35-37(25)16-21)18-7-9-28(39-3,10-8-18)27(38)33-17(2)19-5-6-24(30-12-19)36-15-20(29)13-32-36/h5-6,11-18,27,33,38H,4,7-10H2,1-3H3,(H,34,35)/t17-,18-,27?,28-/m0/s1. The number of H-pyrrole nitrogens is 1. The SMILES string of the molecule is CCOc1cc([C@H]2CC[C@@](OC)(C(O)N[C@@H](C)c3ccc(-n4cc(F)cn4)nc3)CC2)c2c3cn[nH]c3nn2c1. The average molecular weight is 549 g/mol. The monoisotopic (exact) mass is 548 g/mol. The van der Waals surface area contributed by atoms with Crippen molar-refractivity contribution in [3.63, 3.8) is 0 Å². The van der Waals surface area contributed by atoms with Crippen LogP contribution in [0.2, 0.25) is 0 Å². The van der Waals surface area contributed by atoms with Crippen LogP contribution in [0.25, 0.3) is 22.4 Å². The summed E-state index contributed by atoms with van der Waals surface area (Å²) in [7, 11) is 1.66. The second-order valence-electron chi connectivity index (χ2n) is 10.4. The van der Waals surface area contributed by atoms with E-state index in [0.717, 1.165) is 46.9 Å². The molecule has 11 nitrogen and oxygen atoms in total. The van der Waals surface area contributed by atoms with Crippen molar-refractivity contribution < 1.29 is 19.0 Å². The predicted molar refractivity (Wildman–Crippen MR) is 146 cm³/mol. The first-order valence-corrected chi connectivity index (χ1v) is 13.5. The van der Waals surface area contributed by atoms with Crippen molar-refractivity contribution >= 4 is 16.6 Å². The number of ether oxygens (including phenoxy) is 2. The van der Waals surface area contributed by atoms with E-state index in [4.69, 9.17) is 9.47 Å². The van der Waals surface area contributed by atoms with Gasteiger partial charge in [0.25, 0.3) is 0 Å². The topological polar surface area (TPSA) is 127 Å². The second-order valence-corrected chi connectivity index (χ2v) is 10.4. The number of aromatic nitrogens is 7. The number of aromatic amines is 1. The summed E-state index contributed by atoms with van der Waals surface area (Å²) in [6.07, 6.45) is 9.94. The molecule has 1 aliphatic carbocycles. The summed E-state index contributed by atoms with van der Waals surface area (Å²) < 4.78 is 28.4. The molecule has 2 atom stereocenters. The molecular weight excluding hydrogens is 515 g/mol. The highest BCUT2D eigenvalue weighted by Gasteiger charge is 2.43. The summed E-state index contributed by atoms with van der Waals surface area (Å²) in [6.45, 7) is 4.50. The number of hydrogen-bond donors (Lipinski definition) is 3. The molecule has 0 bridgehead atoms. The summed E-state index contributed by atoms with van der Waals surface area (Å²) in [5, 5.41) is 31.4. The Labute approximate surface area is 230 Å². The number of halogens is 1. The van der Waals surface area contributed by atoms with Gasteiger partial charge in [0.15, 0.2) is 17.3 Å². The largest absolute Gasteiger partial charge is 0.492 e. The molecule has 6 rings (SSSR count). The molecule has 0 aliphatic heterocycles. The van der Waals surface area contributed by atoms with Crippen molar-refractivity contribution in [2.45, 2.75) is 63.3 Å². The molecule has 1 saturated carbocycles. The Morgan fingerprint density at radius 2 is 2.05 bits per heavy atom. The molecule has 1 unspecified atom stereocenters. The molecule has 5 heterocycles.